The largest absolute Gasteiger partial charge is 0.337 e. The van der Waals surface area contributed by atoms with Crippen LogP contribution in [0, 0.1) is 12.8 Å². The molecule has 0 aliphatic carbocycles. The number of para-hydroxylation sites is 1. The number of likely N-dealkylation sites (tertiary alicyclic amines) is 1. The summed E-state index contributed by atoms with van der Waals surface area (Å²) in [6, 6.07) is 12.1. The normalized spacial score (nSPS) is 17.4. The number of pyridine rings is 1. The van der Waals surface area contributed by atoms with Crippen molar-refractivity contribution in [1.82, 2.24) is 19.9 Å². The van der Waals surface area contributed by atoms with E-state index in [0.29, 0.717) is 17.4 Å². The van der Waals surface area contributed by atoms with Gasteiger partial charge in [-0.3, -0.25) is 9.78 Å². The molecule has 1 aliphatic rings. The Morgan fingerprint density at radius 1 is 1.23 bits per heavy atom. The standard InChI is InChI=1S/C21H22N4O/c1-15-22-9-8-20(24-15)21(26)25-10-4-5-16(14-25)11-17-12-18-6-2-3-7-19(18)23-13-17/h2-3,6-9,12-13,16H,4-5,10-11,14H2,1H3/t16-/m0/s1. The summed E-state index contributed by atoms with van der Waals surface area (Å²) in [4.78, 5) is 27.6. The molecule has 1 atom stereocenters. The zero-order valence-corrected chi connectivity index (χ0v) is 14.9. The summed E-state index contributed by atoms with van der Waals surface area (Å²) in [6.45, 7) is 3.38. The molecule has 0 saturated carbocycles. The summed E-state index contributed by atoms with van der Waals surface area (Å²) in [5.41, 5.74) is 2.75. The highest BCUT2D eigenvalue weighted by Gasteiger charge is 2.25. The molecule has 1 aliphatic heterocycles. The molecule has 1 fully saturated rings. The minimum absolute atomic E-state index is 0.0110. The van der Waals surface area contributed by atoms with Gasteiger partial charge >= 0.3 is 0 Å². The summed E-state index contributed by atoms with van der Waals surface area (Å²) in [5, 5.41) is 1.17. The van der Waals surface area contributed by atoms with Crippen molar-refractivity contribution in [2.24, 2.45) is 5.92 Å². The van der Waals surface area contributed by atoms with Crippen molar-refractivity contribution in [2.75, 3.05) is 13.1 Å². The molecule has 0 bridgehead atoms. The zero-order chi connectivity index (χ0) is 17.9. The Labute approximate surface area is 153 Å². The Hall–Kier alpha value is -2.82. The Morgan fingerprint density at radius 2 is 2.12 bits per heavy atom. The molecular weight excluding hydrogens is 324 g/mol. The van der Waals surface area contributed by atoms with Gasteiger partial charge in [0.15, 0.2) is 0 Å². The fourth-order valence-corrected chi connectivity index (χ4v) is 3.72. The van der Waals surface area contributed by atoms with Gasteiger partial charge in [0.1, 0.15) is 11.5 Å². The number of benzene rings is 1. The first-order chi connectivity index (χ1) is 12.7. The fourth-order valence-electron chi connectivity index (χ4n) is 3.72. The van der Waals surface area contributed by atoms with E-state index in [-0.39, 0.29) is 5.91 Å². The van der Waals surface area contributed by atoms with Crippen LogP contribution in [0.5, 0.6) is 0 Å². The quantitative estimate of drug-likeness (QED) is 0.729. The van der Waals surface area contributed by atoms with Crippen LogP contribution in [0.15, 0.2) is 48.8 Å². The van der Waals surface area contributed by atoms with Crippen LogP contribution in [0.4, 0.5) is 0 Å². The molecule has 3 aromatic rings. The summed E-state index contributed by atoms with van der Waals surface area (Å²) in [6.07, 6.45) is 6.74. The minimum atomic E-state index is 0.0110. The van der Waals surface area contributed by atoms with Gasteiger partial charge in [-0.15, -0.1) is 0 Å². The number of amides is 1. The van der Waals surface area contributed by atoms with Crippen LogP contribution in [0.1, 0.15) is 34.7 Å². The second kappa shape index (κ2) is 7.20. The van der Waals surface area contributed by atoms with E-state index in [1.165, 1.54) is 10.9 Å². The van der Waals surface area contributed by atoms with E-state index in [1.807, 2.05) is 36.2 Å². The Bertz CT molecular complexity index is 940. The van der Waals surface area contributed by atoms with Gasteiger partial charge in [0.05, 0.1) is 5.52 Å². The van der Waals surface area contributed by atoms with Gasteiger partial charge in [-0.2, -0.15) is 0 Å². The van der Waals surface area contributed by atoms with Gasteiger partial charge in [-0.25, -0.2) is 9.97 Å². The number of carbonyl (C=O) groups excluding carboxylic acids is 1. The van der Waals surface area contributed by atoms with Crippen molar-refractivity contribution in [3.05, 3.63) is 65.9 Å². The molecule has 0 unspecified atom stereocenters. The molecule has 2 aromatic heterocycles. The topological polar surface area (TPSA) is 59.0 Å². The lowest BCUT2D eigenvalue weighted by Gasteiger charge is -2.32. The first-order valence-electron chi connectivity index (χ1n) is 9.11. The van der Waals surface area contributed by atoms with E-state index in [0.717, 1.165) is 37.9 Å². The molecule has 1 saturated heterocycles. The van der Waals surface area contributed by atoms with Gasteiger partial charge in [0.2, 0.25) is 0 Å². The SMILES string of the molecule is Cc1nccc(C(=O)N2CCC[C@@H](Cc3cnc4ccccc4c3)C2)n1. The van der Waals surface area contributed by atoms with E-state index in [4.69, 9.17) is 0 Å². The third-order valence-corrected chi connectivity index (χ3v) is 4.97. The fraction of sp³-hybridized carbons (Fsp3) is 0.333. The van der Waals surface area contributed by atoms with Crippen LogP contribution in [-0.2, 0) is 6.42 Å². The van der Waals surface area contributed by atoms with Crippen LogP contribution in [-0.4, -0.2) is 38.8 Å². The first-order valence-corrected chi connectivity index (χ1v) is 9.11. The maximum atomic E-state index is 12.7. The van der Waals surface area contributed by atoms with Gasteiger partial charge in [0, 0.05) is 30.9 Å². The van der Waals surface area contributed by atoms with Gasteiger partial charge in [-0.05, 0) is 55.9 Å². The zero-order valence-electron chi connectivity index (χ0n) is 14.9. The molecular formula is C21H22N4O. The number of hydrogen-bond donors (Lipinski definition) is 0. The van der Waals surface area contributed by atoms with Gasteiger partial charge in [0.25, 0.3) is 5.91 Å². The predicted molar refractivity (Wildman–Crippen MR) is 101 cm³/mol. The lowest BCUT2D eigenvalue weighted by atomic mass is 9.91. The Balaban J connectivity index is 1.46. The van der Waals surface area contributed by atoms with Crippen LogP contribution in [0.3, 0.4) is 0 Å². The number of carbonyl (C=O) groups is 1. The van der Waals surface area contributed by atoms with E-state index in [1.54, 1.807) is 12.3 Å². The second-order valence-corrected chi connectivity index (χ2v) is 6.99. The minimum Gasteiger partial charge on any atom is -0.337 e. The summed E-state index contributed by atoms with van der Waals surface area (Å²) >= 11 is 0. The molecule has 26 heavy (non-hydrogen) atoms. The third kappa shape index (κ3) is 3.57. The number of nitrogens with zero attached hydrogens (tertiary/aromatic N) is 4. The number of fused-ring (bicyclic) bond motifs is 1. The van der Waals surface area contributed by atoms with Crippen LogP contribution in [0.25, 0.3) is 10.9 Å². The average molecular weight is 346 g/mol. The molecule has 0 N–H and O–H groups in total. The lowest BCUT2D eigenvalue weighted by Crippen LogP contribution is -2.40. The van der Waals surface area contributed by atoms with Crippen molar-refractivity contribution >= 4 is 16.8 Å². The number of aromatic nitrogens is 3. The van der Waals surface area contributed by atoms with Gasteiger partial charge < -0.3 is 4.90 Å². The second-order valence-electron chi connectivity index (χ2n) is 6.99. The van der Waals surface area contributed by atoms with Crippen LogP contribution < -0.4 is 0 Å². The van der Waals surface area contributed by atoms with Crippen molar-refractivity contribution < 1.29 is 4.79 Å². The Morgan fingerprint density at radius 3 is 3.00 bits per heavy atom. The molecule has 5 nitrogen and oxygen atoms in total. The molecule has 5 heteroatoms. The summed E-state index contributed by atoms with van der Waals surface area (Å²) in [5.74, 6) is 1.10. The number of rotatable bonds is 3. The molecule has 132 valence electrons. The molecule has 0 radical (unpaired) electrons. The highest BCUT2D eigenvalue weighted by molar-refractivity contribution is 5.92. The Kier molecular flexibility index (Phi) is 4.61. The maximum absolute atomic E-state index is 12.7. The van der Waals surface area contributed by atoms with Crippen LogP contribution >= 0.6 is 0 Å². The predicted octanol–water partition coefficient (Wildman–Crippen LogP) is 3.43. The molecule has 4 rings (SSSR count). The summed E-state index contributed by atoms with van der Waals surface area (Å²) < 4.78 is 0. The highest BCUT2D eigenvalue weighted by Crippen LogP contribution is 2.23. The van der Waals surface area contributed by atoms with Crippen molar-refractivity contribution in [3.63, 3.8) is 0 Å². The van der Waals surface area contributed by atoms with Crippen molar-refractivity contribution in [1.29, 1.82) is 0 Å². The summed E-state index contributed by atoms with van der Waals surface area (Å²) in [7, 11) is 0. The van der Waals surface area contributed by atoms with Crippen molar-refractivity contribution in [3.8, 4) is 0 Å². The molecule has 1 aromatic carbocycles. The van der Waals surface area contributed by atoms with E-state index in [2.05, 4.69) is 27.1 Å². The number of hydrogen-bond acceptors (Lipinski definition) is 4. The smallest absolute Gasteiger partial charge is 0.272 e. The van der Waals surface area contributed by atoms with Crippen molar-refractivity contribution in [2.45, 2.75) is 26.2 Å². The van der Waals surface area contributed by atoms with Crippen LogP contribution in [0.2, 0.25) is 0 Å². The molecule has 0 spiro atoms. The van der Waals surface area contributed by atoms with E-state index < -0.39 is 0 Å². The molecule has 1 amide bonds. The van der Waals surface area contributed by atoms with E-state index in [9.17, 15) is 4.79 Å². The average Bonchev–Trinajstić information content (AvgIpc) is 2.67. The number of piperidine rings is 1. The number of aryl methyl sites for hydroxylation is 1. The highest BCUT2D eigenvalue weighted by atomic mass is 16.2. The molecule has 3 heterocycles. The first kappa shape index (κ1) is 16.6. The van der Waals surface area contributed by atoms with E-state index >= 15 is 0 Å². The van der Waals surface area contributed by atoms with Gasteiger partial charge in [-0.1, -0.05) is 18.2 Å². The monoisotopic (exact) mass is 346 g/mol. The maximum Gasteiger partial charge on any atom is 0.272 e. The lowest BCUT2D eigenvalue weighted by molar-refractivity contribution is 0.0667. The third-order valence-electron chi connectivity index (χ3n) is 4.97.